The van der Waals surface area contributed by atoms with Crippen LogP contribution in [0.15, 0.2) is 74.9 Å². The van der Waals surface area contributed by atoms with Gasteiger partial charge in [0, 0.05) is 35.8 Å². The fourth-order valence-electron chi connectivity index (χ4n) is 4.23. The van der Waals surface area contributed by atoms with Gasteiger partial charge < -0.3 is 0 Å². The fraction of sp³-hybridized carbons (Fsp3) is 0.240. The number of nitro benzene ring substituents is 1. The Labute approximate surface area is 205 Å². The first-order valence-corrected chi connectivity index (χ1v) is 12.2. The zero-order valence-electron chi connectivity index (χ0n) is 19.4. The summed E-state index contributed by atoms with van der Waals surface area (Å²) in [5, 5.41) is 17.9. The van der Waals surface area contributed by atoms with Crippen LogP contribution in [0.3, 0.4) is 0 Å². The monoisotopic (exact) mass is 488 g/mol. The number of hydrogen-bond acceptors (Lipinski definition) is 6. The summed E-state index contributed by atoms with van der Waals surface area (Å²) >= 11 is 1.39. The van der Waals surface area contributed by atoms with Gasteiger partial charge in [-0.1, -0.05) is 18.2 Å². The molecule has 0 amide bonds. The van der Waals surface area contributed by atoms with Crippen LogP contribution in [0.1, 0.15) is 31.4 Å². The minimum absolute atomic E-state index is 0.0314. The molecule has 0 N–H and O–H groups in total. The van der Waals surface area contributed by atoms with E-state index in [1.54, 1.807) is 26.2 Å². The summed E-state index contributed by atoms with van der Waals surface area (Å²) in [5.74, 6) is 0. The van der Waals surface area contributed by atoms with Crippen molar-refractivity contribution in [2.24, 2.45) is 17.1 Å². The van der Waals surface area contributed by atoms with Gasteiger partial charge in [-0.05, 0) is 56.9 Å². The molecule has 10 heteroatoms. The molecular formula is C25H24N6O3S. The zero-order valence-corrected chi connectivity index (χ0v) is 20.2. The molecule has 1 aliphatic rings. The highest BCUT2D eigenvalue weighted by Crippen LogP contribution is 2.25. The number of rotatable bonds is 5. The van der Waals surface area contributed by atoms with Crippen molar-refractivity contribution >= 4 is 28.4 Å². The van der Waals surface area contributed by atoms with Crippen molar-refractivity contribution in [3.05, 3.63) is 90.9 Å². The van der Waals surface area contributed by atoms with Gasteiger partial charge in [0.05, 0.1) is 22.0 Å². The molecule has 0 saturated heterocycles. The van der Waals surface area contributed by atoms with Crippen molar-refractivity contribution in [1.82, 2.24) is 14.0 Å². The first-order chi connectivity index (χ1) is 16.9. The third kappa shape index (κ3) is 4.28. The second-order valence-electron chi connectivity index (χ2n) is 8.41. The van der Waals surface area contributed by atoms with Crippen LogP contribution in [0.4, 0.5) is 11.4 Å². The maximum absolute atomic E-state index is 13.4. The summed E-state index contributed by atoms with van der Waals surface area (Å²) in [6, 6.07) is 15.9. The number of nitro groups is 1. The molecule has 1 fully saturated rings. The van der Waals surface area contributed by atoms with E-state index in [9.17, 15) is 14.9 Å². The van der Waals surface area contributed by atoms with Crippen molar-refractivity contribution in [3.63, 3.8) is 0 Å². The number of aromatic nitrogens is 3. The van der Waals surface area contributed by atoms with Crippen molar-refractivity contribution in [1.29, 1.82) is 0 Å². The number of hydrogen-bond donors (Lipinski definition) is 0. The highest BCUT2D eigenvalue weighted by molar-refractivity contribution is 7.07. The molecule has 0 aliphatic heterocycles. The first-order valence-electron chi connectivity index (χ1n) is 11.3. The molecule has 178 valence electrons. The molecular weight excluding hydrogens is 464 g/mol. The van der Waals surface area contributed by atoms with Crippen LogP contribution in [-0.2, 0) is 7.05 Å². The molecule has 2 aromatic heterocycles. The largest absolute Gasteiger partial charge is 0.297 e. The van der Waals surface area contributed by atoms with Crippen LogP contribution in [0.2, 0.25) is 0 Å². The highest BCUT2D eigenvalue weighted by atomic mass is 32.1. The Morgan fingerprint density at radius 1 is 1.03 bits per heavy atom. The van der Waals surface area contributed by atoms with E-state index in [1.807, 2.05) is 49.7 Å². The first kappa shape index (κ1) is 22.7. The number of para-hydroxylation sites is 1. The van der Waals surface area contributed by atoms with Crippen molar-refractivity contribution in [2.45, 2.75) is 32.6 Å². The summed E-state index contributed by atoms with van der Waals surface area (Å²) in [4.78, 5) is 29.4. The Hall–Kier alpha value is -4.05. The molecule has 0 spiro atoms. The topological polar surface area (TPSA) is 99.7 Å². The zero-order chi connectivity index (χ0) is 24.5. The fourth-order valence-corrected chi connectivity index (χ4v) is 5.07. The van der Waals surface area contributed by atoms with Crippen molar-refractivity contribution in [2.75, 3.05) is 0 Å². The summed E-state index contributed by atoms with van der Waals surface area (Å²) < 4.78 is 5.17. The average Bonchev–Trinajstić information content (AvgIpc) is 3.57. The normalized spacial score (nSPS) is 14.0. The molecule has 1 aliphatic carbocycles. The summed E-state index contributed by atoms with van der Waals surface area (Å²) in [6.07, 6.45) is 4.05. The Morgan fingerprint density at radius 2 is 1.71 bits per heavy atom. The summed E-state index contributed by atoms with van der Waals surface area (Å²) in [6.45, 7) is 1.87. The predicted molar refractivity (Wildman–Crippen MR) is 137 cm³/mol. The number of benzene rings is 2. The smallest absolute Gasteiger partial charge is 0.283 e. The van der Waals surface area contributed by atoms with Gasteiger partial charge in [0.1, 0.15) is 0 Å². The van der Waals surface area contributed by atoms with E-state index in [-0.39, 0.29) is 11.2 Å². The number of non-ortho nitro benzene ring substituents is 1. The van der Waals surface area contributed by atoms with Crippen LogP contribution in [-0.4, -0.2) is 24.7 Å². The summed E-state index contributed by atoms with van der Waals surface area (Å²) in [5.41, 5.74) is 4.34. The van der Waals surface area contributed by atoms with E-state index < -0.39 is 4.92 Å². The molecule has 0 unspecified atom stereocenters. The molecule has 4 aromatic rings. The van der Waals surface area contributed by atoms with Gasteiger partial charge in [-0.2, -0.15) is 5.10 Å². The Balaban J connectivity index is 1.68. The Morgan fingerprint density at radius 3 is 2.37 bits per heavy atom. The van der Waals surface area contributed by atoms with Crippen LogP contribution < -0.4 is 10.4 Å². The van der Waals surface area contributed by atoms with Gasteiger partial charge in [-0.15, -0.1) is 11.3 Å². The highest BCUT2D eigenvalue weighted by Gasteiger charge is 2.18. The summed E-state index contributed by atoms with van der Waals surface area (Å²) in [7, 11) is 1.84. The lowest BCUT2D eigenvalue weighted by atomic mass is 10.1. The van der Waals surface area contributed by atoms with Crippen LogP contribution >= 0.6 is 11.3 Å². The number of nitrogens with zero attached hydrogens (tertiary/aromatic N) is 6. The SMILES string of the molecule is Cc1c(N=c2scc(-c3ccc([N+](=O)[O-])cc3)n2N=C2CCCC2)c(=O)n(-c2ccccc2)n1C. The molecule has 9 nitrogen and oxygen atoms in total. The molecule has 35 heavy (non-hydrogen) atoms. The molecule has 5 rings (SSSR count). The lowest BCUT2D eigenvalue weighted by Gasteiger charge is -2.07. The van der Waals surface area contributed by atoms with Crippen molar-refractivity contribution in [3.8, 4) is 16.9 Å². The van der Waals surface area contributed by atoms with Gasteiger partial charge in [0.25, 0.3) is 11.2 Å². The standard InChI is InChI=1S/C25H24N6O3S/c1-17-23(24(32)30(28(17)2)20-10-4-3-5-11-20)26-25-29(27-19-8-6-7-9-19)22(16-35-25)18-12-14-21(15-13-18)31(33)34/h3-5,10-16H,6-9H2,1-2H3. The van der Waals surface area contributed by atoms with Gasteiger partial charge >= 0.3 is 0 Å². The predicted octanol–water partition coefficient (Wildman–Crippen LogP) is 4.93. The van der Waals surface area contributed by atoms with E-state index in [4.69, 9.17) is 10.1 Å². The van der Waals surface area contributed by atoms with Gasteiger partial charge in [-0.3, -0.25) is 19.6 Å². The number of thiazole rings is 1. The lowest BCUT2D eigenvalue weighted by Crippen LogP contribution is -2.20. The van der Waals surface area contributed by atoms with Crippen molar-refractivity contribution < 1.29 is 4.92 Å². The van der Waals surface area contributed by atoms with Gasteiger partial charge in [-0.25, -0.2) is 14.4 Å². The van der Waals surface area contributed by atoms with Gasteiger partial charge in [0.2, 0.25) is 4.80 Å². The van der Waals surface area contributed by atoms with Gasteiger partial charge in [0.15, 0.2) is 5.69 Å². The third-order valence-corrected chi connectivity index (χ3v) is 7.03. The minimum atomic E-state index is -0.416. The van der Waals surface area contributed by atoms with Crippen LogP contribution in [0, 0.1) is 17.0 Å². The molecule has 1 saturated carbocycles. The quantitative estimate of drug-likeness (QED) is 0.294. The molecule has 2 aromatic carbocycles. The average molecular weight is 489 g/mol. The maximum atomic E-state index is 13.4. The van der Waals surface area contributed by atoms with Crippen LogP contribution in [0.5, 0.6) is 0 Å². The molecule has 0 radical (unpaired) electrons. The maximum Gasteiger partial charge on any atom is 0.297 e. The van der Waals surface area contributed by atoms with E-state index >= 15 is 0 Å². The van der Waals surface area contributed by atoms with E-state index in [1.165, 1.54) is 23.5 Å². The van der Waals surface area contributed by atoms with E-state index in [0.29, 0.717) is 10.5 Å². The lowest BCUT2D eigenvalue weighted by molar-refractivity contribution is -0.384. The molecule has 0 atom stereocenters. The minimum Gasteiger partial charge on any atom is -0.283 e. The Bertz CT molecular complexity index is 1550. The third-order valence-electron chi connectivity index (χ3n) is 6.21. The van der Waals surface area contributed by atoms with Crippen LogP contribution in [0.25, 0.3) is 16.9 Å². The van der Waals surface area contributed by atoms with E-state index in [2.05, 4.69) is 0 Å². The molecule has 0 bridgehead atoms. The Kier molecular flexibility index (Phi) is 6.04. The van der Waals surface area contributed by atoms with E-state index in [0.717, 1.165) is 54.0 Å². The second kappa shape index (κ2) is 9.30. The second-order valence-corrected chi connectivity index (χ2v) is 9.25. The molecule has 2 heterocycles.